The molecule has 100 valence electrons. The van der Waals surface area contributed by atoms with Gasteiger partial charge in [-0.1, -0.05) is 6.92 Å². The minimum absolute atomic E-state index is 0.758. The fourth-order valence-electron chi connectivity index (χ4n) is 2.70. The lowest BCUT2D eigenvalue weighted by Crippen LogP contribution is -2.37. The molecule has 0 saturated carbocycles. The Morgan fingerprint density at radius 1 is 1.28 bits per heavy atom. The van der Waals surface area contributed by atoms with E-state index >= 15 is 0 Å². The summed E-state index contributed by atoms with van der Waals surface area (Å²) in [6.45, 7) is 8.22. The molecule has 3 rings (SSSR count). The van der Waals surface area contributed by atoms with E-state index < -0.39 is 0 Å². The van der Waals surface area contributed by atoms with Gasteiger partial charge in [0, 0.05) is 39.0 Å². The number of aryl methyl sites for hydroxylation is 1. The Morgan fingerprint density at radius 3 is 2.94 bits per heavy atom. The third-order valence-electron chi connectivity index (χ3n) is 3.91. The van der Waals surface area contributed by atoms with Crippen molar-refractivity contribution in [2.45, 2.75) is 32.7 Å². The fraction of sp³-hybridized carbons (Fsp3) is 0.846. The maximum atomic E-state index is 5.35. The Kier molecular flexibility index (Phi) is 3.61. The molecule has 1 atom stereocenters. The molecule has 5 nitrogen and oxygen atoms in total. The highest BCUT2D eigenvalue weighted by molar-refractivity contribution is 4.97. The minimum Gasteiger partial charge on any atom is -0.379 e. The van der Waals surface area contributed by atoms with Crippen LogP contribution in [0.5, 0.6) is 0 Å². The highest BCUT2D eigenvalue weighted by Gasteiger charge is 2.19. The highest BCUT2D eigenvalue weighted by Crippen LogP contribution is 2.18. The van der Waals surface area contributed by atoms with Crippen LogP contribution in [-0.4, -0.2) is 52.5 Å². The second-order valence-electron chi connectivity index (χ2n) is 5.47. The second-order valence-corrected chi connectivity index (χ2v) is 5.47. The lowest BCUT2D eigenvalue weighted by Gasteiger charge is -2.25. The summed E-state index contributed by atoms with van der Waals surface area (Å²) in [5, 5.41) is 4.62. The third-order valence-corrected chi connectivity index (χ3v) is 3.91. The first kappa shape index (κ1) is 12.1. The van der Waals surface area contributed by atoms with Crippen molar-refractivity contribution < 1.29 is 4.74 Å². The monoisotopic (exact) mass is 250 g/mol. The van der Waals surface area contributed by atoms with E-state index in [0.29, 0.717) is 0 Å². The SMILES string of the molecule is CC1CCn2nc(CCN3CCOCC3)nc2C1. The van der Waals surface area contributed by atoms with Crippen LogP contribution in [0.15, 0.2) is 0 Å². The Bertz CT molecular complexity index is 398. The van der Waals surface area contributed by atoms with Crippen molar-refractivity contribution in [2.24, 2.45) is 5.92 Å². The van der Waals surface area contributed by atoms with Crippen LogP contribution in [0.3, 0.4) is 0 Å². The summed E-state index contributed by atoms with van der Waals surface area (Å²) in [5.74, 6) is 2.96. The Morgan fingerprint density at radius 2 is 2.11 bits per heavy atom. The van der Waals surface area contributed by atoms with Crippen molar-refractivity contribution in [3.63, 3.8) is 0 Å². The number of rotatable bonds is 3. The zero-order valence-corrected chi connectivity index (χ0v) is 11.1. The molecule has 0 N–H and O–H groups in total. The van der Waals surface area contributed by atoms with Crippen LogP contribution < -0.4 is 0 Å². The van der Waals surface area contributed by atoms with Gasteiger partial charge in [-0.2, -0.15) is 5.10 Å². The molecule has 0 aromatic carbocycles. The van der Waals surface area contributed by atoms with E-state index in [1.165, 1.54) is 12.2 Å². The molecule has 5 heteroatoms. The second kappa shape index (κ2) is 5.36. The van der Waals surface area contributed by atoms with E-state index in [4.69, 9.17) is 4.74 Å². The smallest absolute Gasteiger partial charge is 0.152 e. The molecule has 0 radical (unpaired) electrons. The minimum atomic E-state index is 0.758. The van der Waals surface area contributed by atoms with E-state index in [0.717, 1.165) is 64.0 Å². The molecule has 0 aliphatic carbocycles. The average Bonchev–Trinajstić information content (AvgIpc) is 2.79. The number of hydrogen-bond donors (Lipinski definition) is 0. The predicted octanol–water partition coefficient (Wildman–Crippen LogP) is 0.735. The average molecular weight is 250 g/mol. The normalized spacial score (nSPS) is 25.1. The van der Waals surface area contributed by atoms with Crippen LogP contribution in [0.4, 0.5) is 0 Å². The van der Waals surface area contributed by atoms with Gasteiger partial charge < -0.3 is 4.74 Å². The summed E-state index contributed by atoms with van der Waals surface area (Å²) in [4.78, 5) is 7.12. The van der Waals surface area contributed by atoms with Crippen LogP contribution >= 0.6 is 0 Å². The molecular weight excluding hydrogens is 228 g/mol. The summed E-state index contributed by atoms with van der Waals surface area (Å²) in [6, 6.07) is 0. The number of hydrogen-bond acceptors (Lipinski definition) is 4. The molecule has 18 heavy (non-hydrogen) atoms. The van der Waals surface area contributed by atoms with Crippen molar-refractivity contribution in [1.29, 1.82) is 0 Å². The van der Waals surface area contributed by atoms with Gasteiger partial charge >= 0.3 is 0 Å². The van der Waals surface area contributed by atoms with E-state index in [1.807, 2.05) is 0 Å². The molecule has 1 aromatic heterocycles. The highest BCUT2D eigenvalue weighted by atomic mass is 16.5. The molecule has 2 aliphatic heterocycles. The van der Waals surface area contributed by atoms with Crippen LogP contribution in [0.2, 0.25) is 0 Å². The predicted molar refractivity (Wildman–Crippen MR) is 68.5 cm³/mol. The van der Waals surface area contributed by atoms with Gasteiger partial charge in [-0.05, 0) is 12.3 Å². The Labute approximate surface area is 108 Å². The van der Waals surface area contributed by atoms with Gasteiger partial charge in [0.15, 0.2) is 5.82 Å². The summed E-state index contributed by atoms with van der Waals surface area (Å²) < 4.78 is 7.46. The van der Waals surface area contributed by atoms with E-state index in [2.05, 4.69) is 26.6 Å². The zero-order valence-electron chi connectivity index (χ0n) is 11.1. The summed E-state index contributed by atoms with van der Waals surface area (Å²) in [5.41, 5.74) is 0. The quantitative estimate of drug-likeness (QED) is 0.793. The van der Waals surface area contributed by atoms with Crippen molar-refractivity contribution in [3.05, 3.63) is 11.6 Å². The maximum absolute atomic E-state index is 5.35. The number of morpholine rings is 1. The zero-order chi connectivity index (χ0) is 12.4. The van der Waals surface area contributed by atoms with Gasteiger partial charge in [-0.3, -0.25) is 4.90 Å². The maximum Gasteiger partial charge on any atom is 0.152 e. The molecule has 0 amide bonds. The molecule has 1 unspecified atom stereocenters. The van der Waals surface area contributed by atoms with Crippen molar-refractivity contribution in [3.8, 4) is 0 Å². The first-order chi connectivity index (χ1) is 8.81. The first-order valence-electron chi connectivity index (χ1n) is 7.04. The van der Waals surface area contributed by atoms with Crippen molar-refractivity contribution in [2.75, 3.05) is 32.8 Å². The van der Waals surface area contributed by atoms with Crippen LogP contribution in [0.1, 0.15) is 25.0 Å². The topological polar surface area (TPSA) is 43.2 Å². The van der Waals surface area contributed by atoms with E-state index in [1.54, 1.807) is 0 Å². The lowest BCUT2D eigenvalue weighted by molar-refractivity contribution is 0.0382. The molecule has 0 spiro atoms. The molecular formula is C13H22N4O. The Balaban J connectivity index is 1.56. The standard InChI is InChI=1S/C13H22N4O/c1-11-2-5-17-13(10-11)14-12(15-17)3-4-16-6-8-18-9-7-16/h11H,2-10H2,1H3. The summed E-state index contributed by atoms with van der Waals surface area (Å²) >= 11 is 0. The van der Waals surface area contributed by atoms with Crippen LogP contribution in [0.25, 0.3) is 0 Å². The Hall–Kier alpha value is -0.940. The number of fused-ring (bicyclic) bond motifs is 1. The van der Waals surface area contributed by atoms with Crippen molar-refractivity contribution in [1.82, 2.24) is 19.7 Å². The van der Waals surface area contributed by atoms with Gasteiger partial charge in [0.25, 0.3) is 0 Å². The first-order valence-corrected chi connectivity index (χ1v) is 7.04. The van der Waals surface area contributed by atoms with Crippen LogP contribution in [0, 0.1) is 5.92 Å². The van der Waals surface area contributed by atoms with Gasteiger partial charge in [0.2, 0.25) is 0 Å². The van der Waals surface area contributed by atoms with E-state index in [9.17, 15) is 0 Å². The molecule has 3 heterocycles. The number of aromatic nitrogens is 3. The van der Waals surface area contributed by atoms with Gasteiger partial charge in [-0.25, -0.2) is 9.67 Å². The largest absolute Gasteiger partial charge is 0.379 e. The molecule has 1 aromatic rings. The fourth-order valence-corrected chi connectivity index (χ4v) is 2.70. The third kappa shape index (κ3) is 2.72. The van der Waals surface area contributed by atoms with Gasteiger partial charge in [0.05, 0.1) is 13.2 Å². The lowest BCUT2D eigenvalue weighted by atomic mass is 10.0. The number of nitrogens with zero attached hydrogens (tertiary/aromatic N) is 4. The molecule has 2 aliphatic rings. The summed E-state index contributed by atoms with van der Waals surface area (Å²) in [7, 11) is 0. The number of ether oxygens (including phenoxy) is 1. The molecule has 0 bridgehead atoms. The van der Waals surface area contributed by atoms with E-state index in [-0.39, 0.29) is 0 Å². The van der Waals surface area contributed by atoms with Crippen molar-refractivity contribution >= 4 is 0 Å². The summed E-state index contributed by atoms with van der Waals surface area (Å²) in [6.07, 6.45) is 3.29. The van der Waals surface area contributed by atoms with Gasteiger partial charge in [0.1, 0.15) is 5.82 Å². The van der Waals surface area contributed by atoms with Gasteiger partial charge in [-0.15, -0.1) is 0 Å². The molecule has 1 fully saturated rings. The molecule has 1 saturated heterocycles. The van der Waals surface area contributed by atoms with Crippen LogP contribution in [-0.2, 0) is 24.1 Å².